The third-order valence-electron chi connectivity index (χ3n) is 0.735. The molecule has 0 rings (SSSR count). The molecule has 0 aliphatic carbocycles. The minimum Gasteiger partial charge on any atom is -0.0928 e. The molecule has 0 aromatic heterocycles. The molecule has 4 heteroatoms. The van der Waals surface area contributed by atoms with Crippen LogP contribution in [-0.2, 0) is 0 Å². The summed E-state index contributed by atoms with van der Waals surface area (Å²) in [5.74, 6) is 0. The zero-order chi connectivity index (χ0) is 7.28. The second-order valence-electron chi connectivity index (χ2n) is 1.46. The Balaban J connectivity index is 3.50. The molecule has 0 bridgehead atoms. The zero-order valence-corrected chi connectivity index (χ0v) is 11.0. The Morgan fingerprint density at radius 3 is 2.00 bits per heavy atom. The second-order valence-corrected chi connectivity index (χ2v) is 5.86. The smallest absolute Gasteiger partial charge is 0.0705 e. The molecule has 0 heterocycles. The van der Waals surface area contributed by atoms with Crippen LogP contribution in [0.3, 0.4) is 0 Å². The van der Waals surface area contributed by atoms with E-state index in [2.05, 4.69) is 63.7 Å². The van der Waals surface area contributed by atoms with Gasteiger partial charge in [-0.3, -0.25) is 0 Å². The van der Waals surface area contributed by atoms with Crippen LogP contribution in [0.4, 0.5) is 0 Å². The summed E-state index contributed by atoms with van der Waals surface area (Å²) in [7, 11) is 0. The highest BCUT2D eigenvalue weighted by Crippen LogP contribution is 2.27. The van der Waals surface area contributed by atoms with Crippen molar-refractivity contribution in [2.45, 2.75) is 12.8 Å². The van der Waals surface area contributed by atoms with Crippen LogP contribution in [0.1, 0.15) is 12.8 Å². The molecular weight excluding hydrogens is 380 g/mol. The lowest BCUT2D eigenvalue weighted by molar-refractivity contribution is 0.972. The van der Waals surface area contributed by atoms with E-state index in [1.54, 1.807) is 0 Å². The quantitative estimate of drug-likeness (QED) is 0.627. The summed E-state index contributed by atoms with van der Waals surface area (Å²) in [5.41, 5.74) is 0. The molecule has 0 amide bonds. The minimum atomic E-state index is 1.01. The van der Waals surface area contributed by atoms with Gasteiger partial charge in [0.2, 0.25) is 0 Å². The molecule has 0 saturated heterocycles. The largest absolute Gasteiger partial charge is 0.0928 e. The van der Waals surface area contributed by atoms with E-state index in [9.17, 15) is 0 Å². The lowest BCUT2D eigenvalue weighted by atomic mass is 10.3. The summed E-state index contributed by atoms with van der Waals surface area (Å²) in [6.07, 6.45) is 2.22. The van der Waals surface area contributed by atoms with E-state index < -0.39 is 0 Å². The van der Waals surface area contributed by atoms with E-state index in [4.69, 9.17) is 0 Å². The van der Waals surface area contributed by atoms with Crippen molar-refractivity contribution in [3.63, 3.8) is 0 Å². The maximum absolute atomic E-state index is 3.41. The number of hydrogen-bond donors (Lipinski definition) is 0. The van der Waals surface area contributed by atoms with Crippen molar-refractivity contribution < 1.29 is 0 Å². The Bertz CT molecular complexity index is 104. The highest BCUT2D eigenvalue weighted by molar-refractivity contribution is 9.29. The molecular formula is C5H6Br4. The molecule has 9 heavy (non-hydrogen) atoms. The van der Waals surface area contributed by atoms with Gasteiger partial charge in [-0.15, -0.1) is 0 Å². The summed E-state index contributed by atoms with van der Waals surface area (Å²) < 4.78 is 2.19. The van der Waals surface area contributed by atoms with Crippen molar-refractivity contribution in [2.24, 2.45) is 0 Å². The fourth-order valence-corrected chi connectivity index (χ4v) is 1.27. The highest BCUT2D eigenvalue weighted by atomic mass is 79.9. The van der Waals surface area contributed by atoms with E-state index in [0.717, 1.165) is 21.6 Å². The number of allylic oxidation sites excluding steroid dienone is 1. The van der Waals surface area contributed by atoms with E-state index in [1.165, 1.54) is 4.48 Å². The summed E-state index contributed by atoms with van der Waals surface area (Å²) in [4.78, 5) is 0. The molecule has 54 valence electrons. The van der Waals surface area contributed by atoms with E-state index >= 15 is 0 Å². The van der Waals surface area contributed by atoms with Gasteiger partial charge in [-0.05, 0) is 44.7 Å². The Morgan fingerprint density at radius 1 is 1.11 bits per heavy atom. The molecule has 0 aromatic carbocycles. The molecule has 0 radical (unpaired) electrons. The van der Waals surface area contributed by atoms with Gasteiger partial charge in [0.25, 0.3) is 0 Å². The first-order valence-electron chi connectivity index (χ1n) is 2.44. The number of hydrogen-bond acceptors (Lipinski definition) is 0. The lowest BCUT2D eigenvalue weighted by Gasteiger charge is -1.94. The first kappa shape index (κ1) is 10.7. The average molecular weight is 386 g/mol. The molecule has 0 N–H and O–H groups in total. The third-order valence-corrected chi connectivity index (χ3v) is 4.11. The van der Waals surface area contributed by atoms with E-state index in [0.29, 0.717) is 0 Å². The van der Waals surface area contributed by atoms with Gasteiger partial charge in [-0.1, -0.05) is 31.9 Å². The van der Waals surface area contributed by atoms with Gasteiger partial charge in [0.05, 0.1) is 3.39 Å². The number of alkyl halides is 1. The second kappa shape index (κ2) is 6.38. The monoisotopic (exact) mass is 382 g/mol. The van der Waals surface area contributed by atoms with Crippen LogP contribution in [0.25, 0.3) is 0 Å². The van der Waals surface area contributed by atoms with Crippen LogP contribution in [-0.4, -0.2) is 5.33 Å². The SMILES string of the molecule is BrCCCC(Br)=C(Br)Br. The van der Waals surface area contributed by atoms with Crippen molar-refractivity contribution >= 4 is 63.7 Å². The first-order valence-corrected chi connectivity index (χ1v) is 5.94. The van der Waals surface area contributed by atoms with Crippen molar-refractivity contribution in [1.29, 1.82) is 0 Å². The van der Waals surface area contributed by atoms with Crippen LogP contribution >= 0.6 is 63.7 Å². The van der Waals surface area contributed by atoms with E-state index in [-0.39, 0.29) is 0 Å². The Labute approximate surface area is 89.0 Å². The molecule has 0 aromatic rings. The maximum Gasteiger partial charge on any atom is 0.0705 e. The first-order chi connectivity index (χ1) is 4.18. The molecule has 0 atom stereocenters. The predicted octanol–water partition coefficient (Wildman–Crippen LogP) is 4.52. The lowest BCUT2D eigenvalue weighted by Crippen LogP contribution is -1.75. The standard InChI is InChI=1S/C5H6Br4/c6-3-1-2-4(7)5(8)9/h1-3H2. The van der Waals surface area contributed by atoms with Crippen molar-refractivity contribution in [3.8, 4) is 0 Å². The van der Waals surface area contributed by atoms with Crippen LogP contribution < -0.4 is 0 Å². The Hall–Kier alpha value is 1.66. The summed E-state index contributed by atoms with van der Waals surface area (Å²) >= 11 is 13.4. The topological polar surface area (TPSA) is 0 Å². The fraction of sp³-hybridized carbons (Fsp3) is 0.600. The number of halogens is 4. The van der Waals surface area contributed by atoms with Gasteiger partial charge >= 0.3 is 0 Å². The molecule has 0 unspecified atom stereocenters. The van der Waals surface area contributed by atoms with E-state index in [1.807, 2.05) is 0 Å². The van der Waals surface area contributed by atoms with Crippen LogP contribution in [0.15, 0.2) is 7.87 Å². The van der Waals surface area contributed by atoms with Gasteiger partial charge in [-0.25, -0.2) is 0 Å². The summed E-state index contributed by atoms with van der Waals surface area (Å²) in [6, 6.07) is 0. The Kier molecular flexibility index (Phi) is 7.55. The fourth-order valence-electron chi connectivity index (χ4n) is 0.317. The van der Waals surface area contributed by atoms with Gasteiger partial charge in [-0.2, -0.15) is 0 Å². The van der Waals surface area contributed by atoms with Gasteiger partial charge in [0, 0.05) is 9.81 Å². The normalized spacial score (nSPS) is 9.33. The van der Waals surface area contributed by atoms with Crippen LogP contribution in [0, 0.1) is 0 Å². The molecule has 0 aliphatic rings. The van der Waals surface area contributed by atoms with Gasteiger partial charge in [0.15, 0.2) is 0 Å². The predicted molar refractivity (Wildman–Crippen MR) is 56.8 cm³/mol. The minimum absolute atomic E-state index is 1.01. The van der Waals surface area contributed by atoms with Crippen molar-refractivity contribution in [3.05, 3.63) is 7.87 Å². The molecule has 0 nitrogen and oxygen atoms in total. The average Bonchev–Trinajstić information content (AvgIpc) is 1.82. The van der Waals surface area contributed by atoms with Gasteiger partial charge in [0.1, 0.15) is 0 Å². The Morgan fingerprint density at radius 2 is 1.67 bits per heavy atom. The van der Waals surface area contributed by atoms with Gasteiger partial charge < -0.3 is 0 Å². The third kappa shape index (κ3) is 6.07. The van der Waals surface area contributed by atoms with Crippen LogP contribution in [0.2, 0.25) is 0 Å². The highest BCUT2D eigenvalue weighted by Gasteiger charge is 1.95. The summed E-state index contributed by atoms with van der Waals surface area (Å²) in [5, 5.41) is 1.05. The van der Waals surface area contributed by atoms with Crippen molar-refractivity contribution in [1.82, 2.24) is 0 Å². The maximum atomic E-state index is 3.41. The molecule has 0 saturated carbocycles. The zero-order valence-electron chi connectivity index (χ0n) is 4.63. The van der Waals surface area contributed by atoms with Crippen LogP contribution in [0.5, 0.6) is 0 Å². The molecule has 0 aliphatic heterocycles. The molecule has 0 spiro atoms. The van der Waals surface area contributed by atoms with Crippen molar-refractivity contribution in [2.75, 3.05) is 5.33 Å². The number of rotatable bonds is 3. The summed E-state index contributed by atoms with van der Waals surface area (Å²) in [6.45, 7) is 0. The molecule has 0 fully saturated rings.